The van der Waals surface area contributed by atoms with E-state index in [1.165, 1.54) is 11.3 Å². The lowest BCUT2D eigenvalue weighted by Gasteiger charge is -2.12. The van der Waals surface area contributed by atoms with E-state index in [1.54, 1.807) is 0 Å². The molecule has 1 N–H and O–H groups in total. The molecule has 0 radical (unpaired) electrons. The molecule has 0 amide bonds. The van der Waals surface area contributed by atoms with E-state index >= 15 is 0 Å². The fraction of sp³-hybridized carbons (Fsp3) is 0.167. The van der Waals surface area contributed by atoms with Gasteiger partial charge in [-0.05, 0) is 34.5 Å². The van der Waals surface area contributed by atoms with Crippen molar-refractivity contribution in [3.8, 4) is 0 Å². The predicted octanol–water partition coefficient (Wildman–Crippen LogP) is 5.32. The molecule has 0 aliphatic rings. The number of benzene rings is 1. The van der Waals surface area contributed by atoms with Crippen LogP contribution in [0.15, 0.2) is 33.2 Å². The lowest BCUT2D eigenvalue weighted by Crippen LogP contribution is -1.99. The Morgan fingerprint density at radius 3 is 2.65 bits per heavy atom. The molecule has 1 heterocycles. The Morgan fingerprint density at radius 2 is 2.06 bits per heavy atom. The standard InChI is InChI=1S/C12H9Br2ClOS/c1-6-3-2-4-7(10(6)14)11(16)9-5-8(13)12(15)17-9/h2-5,11,16H,1H3. The van der Waals surface area contributed by atoms with Crippen LogP contribution >= 0.6 is 54.8 Å². The molecule has 0 bridgehead atoms. The quantitative estimate of drug-likeness (QED) is 0.729. The first-order valence-electron chi connectivity index (χ1n) is 4.88. The Balaban J connectivity index is 2.43. The van der Waals surface area contributed by atoms with Crippen molar-refractivity contribution in [2.75, 3.05) is 0 Å². The summed E-state index contributed by atoms with van der Waals surface area (Å²) >= 11 is 14.2. The van der Waals surface area contributed by atoms with Gasteiger partial charge in [0.2, 0.25) is 0 Å². The Kier molecular flexibility index (Phi) is 4.31. The summed E-state index contributed by atoms with van der Waals surface area (Å²) in [6.07, 6.45) is -0.655. The molecule has 5 heteroatoms. The first-order valence-corrected chi connectivity index (χ1v) is 7.66. The molecule has 2 aromatic rings. The summed E-state index contributed by atoms with van der Waals surface area (Å²) in [7, 11) is 0. The smallest absolute Gasteiger partial charge is 0.114 e. The van der Waals surface area contributed by atoms with Crippen LogP contribution in [-0.4, -0.2) is 5.11 Å². The highest BCUT2D eigenvalue weighted by atomic mass is 79.9. The number of hydrogen-bond acceptors (Lipinski definition) is 2. The number of aliphatic hydroxyl groups is 1. The van der Waals surface area contributed by atoms with E-state index in [0.717, 1.165) is 24.9 Å². The maximum absolute atomic E-state index is 10.3. The van der Waals surface area contributed by atoms with Crippen molar-refractivity contribution in [2.45, 2.75) is 13.0 Å². The summed E-state index contributed by atoms with van der Waals surface area (Å²) in [6.45, 7) is 2.00. The number of aryl methyl sites for hydroxylation is 1. The summed E-state index contributed by atoms with van der Waals surface area (Å²) < 4.78 is 2.41. The Hall–Kier alpha value is 0.130. The van der Waals surface area contributed by atoms with Gasteiger partial charge in [-0.2, -0.15) is 0 Å². The summed E-state index contributed by atoms with van der Waals surface area (Å²) in [5.41, 5.74) is 1.96. The van der Waals surface area contributed by atoms with Crippen LogP contribution in [0.2, 0.25) is 4.34 Å². The van der Waals surface area contributed by atoms with Gasteiger partial charge in [-0.25, -0.2) is 0 Å². The van der Waals surface area contributed by atoms with Gasteiger partial charge < -0.3 is 5.11 Å². The maximum Gasteiger partial charge on any atom is 0.114 e. The number of aliphatic hydroxyl groups excluding tert-OH is 1. The second-order valence-corrected chi connectivity index (χ2v) is 6.98. The highest BCUT2D eigenvalue weighted by molar-refractivity contribution is 9.11. The third-order valence-corrected chi connectivity index (χ3v) is 6.06. The highest BCUT2D eigenvalue weighted by Crippen LogP contribution is 2.39. The van der Waals surface area contributed by atoms with Crippen LogP contribution in [-0.2, 0) is 0 Å². The molecule has 0 aliphatic carbocycles. The second-order valence-electron chi connectivity index (χ2n) is 3.65. The average Bonchev–Trinajstić information content (AvgIpc) is 2.62. The Morgan fingerprint density at radius 1 is 1.35 bits per heavy atom. The zero-order chi connectivity index (χ0) is 12.6. The van der Waals surface area contributed by atoms with Crippen LogP contribution in [0.25, 0.3) is 0 Å². The maximum atomic E-state index is 10.3. The van der Waals surface area contributed by atoms with Crippen LogP contribution in [0.5, 0.6) is 0 Å². The minimum atomic E-state index is -0.655. The molecule has 1 atom stereocenters. The van der Waals surface area contributed by atoms with Crippen molar-refractivity contribution in [1.82, 2.24) is 0 Å². The number of thiophene rings is 1. The zero-order valence-electron chi connectivity index (χ0n) is 8.88. The van der Waals surface area contributed by atoms with Crippen molar-refractivity contribution >= 4 is 54.8 Å². The van der Waals surface area contributed by atoms with Gasteiger partial charge in [0.05, 0.1) is 0 Å². The highest BCUT2D eigenvalue weighted by Gasteiger charge is 2.18. The SMILES string of the molecule is Cc1cccc(C(O)c2cc(Br)c(Cl)s2)c1Br. The number of halogens is 3. The van der Waals surface area contributed by atoms with Crippen LogP contribution < -0.4 is 0 Å². The van der Waals surface area contributed by atoms with Crippen LogP contribution in [0.3, 0.4) is 0 Å². The van der Waals surface area contributed by atoms with Crippen LogP contribution in [0, 0.1) is 6.92 Å². The van der Waals surface area contributed by atoms with Crippen molar-refractivity contribution in [3.05, 3.63) is 53.6 Å². The summed E-state index contributed by atoms with van der Waals surface area (Å²) in [6, 6.07) is 7.69. The molecule has 2 rings (SSSR count). The van der Waals surface area contributed by atoms with Crippen molar-refractivity contribution in [2.24, 2.45) is 0 Å². The summed E-state index contributed by atoms with van der Waals surface area (Å²) in [5, 5.41) is 10.3. The van der Waals surface area contributed by atoms with Crippen molar-refractivity contribution in [3.63, 3.8) is 0 Å². The predicted molar refractivity (Wildman–Crippen MR) is 80.0 cm³/mol. The molecule has 17 heavy (non-hydrogen) atoms. The van der Waals surface area contributed by atoms with E-state index in [0.29, 0.717) is 4.34 Å². The molecule has 0 fully saturated rings. The normalized spacial score (nSPS) is 12.8. The van der Waals surface area contributed by atoms with Gasteiger partial charge in [0.1, 0.15) is 10.4 Å². The third-order valence-electron chi connectivity index (χ3n) is 2.45. The van der Waals surface area contributed by atoms with Crippen molar-refractivity contribution in [1.29, 1.82) is 0 Å². The van der Waals surface area contributed by atoms with E-state index in [1.807, 2.05) is 31.2 Å². The summed E-state index contributed by atoms with van der Waals surface area (Å²) in [5.74, 6) is 0. The molecular formula is C12H9Br2ClOS. The third kappa shape index (κ3) is 2.76. The van der Waals surface area contributed by atoms with Gasteiger partial charge in [0, 0.05) is 19.4 Å². The largest absolute Gasteiger partial charge is 0.383 e. The first kappa shape index (κ1) is 13.6. The topological polar surface area (TPSA) is 20.2 Å². The van der Waals surface area contributed by atoms with Crippen LogP contribution in [0.4, 0.5) is 0 Å². The Labute approximate surface area is 126 Å². The molecule has 0 aliphatic heterocycles. The monoisotopic (exact) mass is 394 g/mol. The van der Waals surface area contributed by atoms with E-state index in [-0.39, 0.29) is 0 Å². The lowest BCUT2D eigenvalue weighted by molar-refractivity contribution is 0.223. The molecular weight excluding hydrogens is 387 g/mol. The molecule has 90 valence electrons. The molecule has 0 spiro atoms. The lowest BCUT2D eigenvalue weighted by atomic mass is 10.1. The number of rotatable bonds is 2. The minimum Gasteiger partial charge on any atom is -0.383 e. The van der Waals surface area contributed by atoms with Crippen molar-refractivity contribution < 1.29 is 5.11 Å². The van der Waals surface area contributed by atoms with Gasteiger partial charge in [-0.3, -0.25) is 0 Å². The minimum absolute atomic E-state index is 0.655. The fourth-order valence-corrected chi connectivity index (χ4v) is 3.76. The molecule has 0 saturated carbocycles. The zero-order valence-corrected chi connectivity index (χ0v) is 13.6. The van der Waals surface area contributed by atoms with Gasteiger partial charge in [-0.15, -0.1) is 11.3 Å². The Bertz CT molecular complexity index is 534. The average molecular weight is 397 g/mol. The molecule has 0 saturated heterocycles. The van der Waals surface area contributed by atoms with E-state index < -0.39 is 6.10 Å². The van der Waals surface area contributed by atoms with Crippen LogP contribution in [0.1, 0.15) is 22.1 Å². The second kappa shape index (κ2) is 5.41. The fourth-order valence-electron chi connectivity index (χ4n) is 1.53. The van der Waals surface area contributed by atoms with Gasteiger partial charge >= 0.3 is 0 Å². The van der Waals surface area contributed by atoms with E-state index in [4.69, 9.17) is 11.6 Å². The van der Waals surface area contributed by atoms with Gasteiger partial charge in [-0.1, -0.05) is 45.7 Å². The molecule has 1 unspecified atom stereocenters. The van der Waals surface area contributed by atoms with E-state index in [2.05, 4.69) is 31.9 Å². The summed E-state index contributed by atoms with van der Waals surface area (Å²) in [4.78, 5) is 0.827. The molecule has 1 nitrogen and oxygen atoms in total. The van der Waals surface area contributed by atoms with E-state index in [9.17, 15) is 5.11 Å². The molecule has 1 aromatic carbocycles. The van der Waals surface area contributed by atoms with Gasteiger partial charge in [0.25, 0.3) is 0 Å². The van der Waals surface area contributed by atoms with Gasteiger partial charge in [0.15, 0.2) is 0 Å². The first-order chi connectivity index (χ1) is 8.00. The number of hydrogen-bond donors (Lipinski definition) is 1. The molecule has 1 aromatic heterocycles.